The Bertz CT molecular complexity index is 1320. The minimum atomic E-state index is -1.49. The fourth-order valence-corrected chi connectivity index (χ4v) is 10.2. The van der Waals surface area contributed by atoms with Crippen molar-refractivity contribution in [2.24, 2.45) is 27.6 Å². The lowest BCUT2D eigenvalue weighted by molar-refractivity contribution is -0.263. The zero-order valence-electron chi connectivity index (χ0n) is 23.8. The third kappa shape index (κ3) is 2.60. The maximum absolute atomic E-state index is 13.3. The van der Waals surface area contributed by atoms with Gasteiger partial charge in [0.05, 0.1) is 48.3 Å². The first-order valence-corrected chi connectivity index (χ1v) is 14.1. The molecule has 3 aliphatic heterocycles. The van der Waals surface area contributed by atoms with Crippen LogP contribution in [0.1, 0.15) is 52.5 Å². The highest BCUT2D eigenvalue weighted by Gasteiger charge is 2.91. The van der Waals surface area contributed by atoms with Crippen LogP contribution in [-0.4, -0.2) is 73.0 Å². The molecule has 3 aliphatic carbocycles. The Labute approximate surface area is 233 Å². The number of rotatable bonds is 6. The number of aliphatic hydroxyl groups is 1. The molecule has 1 N–H and O–H groups in total. The number of fused-ring (bicyclic) bond motifs is 1. The Morgan fingerprint density at radius 1 is 1.20 bits per heavy atom. The Morgan fingerprint density at radius 3 is 2.58 bits per heavy atom. The molecule has 1 aromatic heterocycles. The number of epoxide rings is 1. The number of carbonyl (C=O) groups excluding carboxylic acids is 2. The van der Waals surface area contributed by atoms with Crippen molar-refractivity contribution >= 4 is 12.3 Å². The van der Waals surface area contributed by atoms with Gasteiger partial charge in [0.2, 0.25) is 0 Å². The first kappa shape index (κ1) is 26.6. The van der Waals surface area contributed by atoms with Crippen molar-refractivity contribution in [1.29, 1.82) is 0 Å². The van der Waals surface area contributed by atoms with Gasteiger partial charge >= 0.3 is 5.97 Å². The SMILES string of the molecule is C=C(C)C(=O)O[C@@H]1[C@@H]2OC[C@]3(C)C=C[C@]4(O)[C@H](OC)O[C@H]([C@]1(C)[C@]15O[C@H]1C[C@H](c1ccoc1)[C@@]5(C)C=O)[C@]4(C)C23. The molecule has 13 atom stereocenters. The van der Waals surface area contributed by atoms with E-state index in [2.05, 4.69) is 13.5 Å². The van der Waals surface area contributed by atoms with Crippen LogP contribution in [0.15, 0.2) is 47.3 Å². The van der Waals surface area contributed by atoms with Crippen LogP contribution in [0.25, 0.3) is 0 Å². The van der Waals surface area contributed by atoms with E-state index in [0.29, 0.717) is 13.0 Å². The second kappa shape index (κ2) is 7.75. The fourth-order valence-electron chi connectivity index (χ4n) is 10.2. The van der Waals surface area contributed by atoms with Crippen LogP contribution in [0, 0.1) is 27.6 Å². The second-order valence-electron chi connectivity index (χ2n) is 13.8. The number of hydrogen-bond acceptors (Lipinski definition) is 9. The number of aldehydes is 1. The number of esters is 1. The van der Waals surface area contributed by atoms with Gasteiger partial charge in [-0.25, -0.2) is 4.79 Å². The maximum atomic E-state index is 13.3. The number of methoxy groups -OCH3 is 1. The van der Waals surface area contributed by atoms with Crippen LogP contribution in [0.3, 0.4) is 0 Å². The Morgan fingerprint density at radius 2 is 1.95 bits per heavy atom. The molecule has 4 heterocycles. The third-order valence-electron chi connectivity index (χ3n) is 11.9. The van der Waals surface area contributed by atoms with Gasteiger partial charge in [-0.15, -0.1) is 0 Å². The molecule has 0 aromatic carbocycles. The van der Waals surface area contributed by atoms with Crippen molar-refractivity contribution in [2.45, 2.75) is 88.9 Å². The first-order chi connectivity index (χ1) is 18.8. The molecule has 9 heteroatoms. The highest BCUT2D eigenvalue weighted by atomic mass is 16.7. The lowest BCUT2D eigenvalue weighted by Crippen LogP contribution is -2.76. The van der Waals surface area contributed by atoms with Gasteiger partial charge in [0.15, 0.2) is 6.29 Å². The normalized spacial score (nSPS) is 55.0. The largest absolute Gasteiger partial charge is 0.472 e. The van der Waals surface area contributed by atoms with Gasteiger partial charge in [-0.1, -0.05) is 39.5 Å². The number of hydrogen-bond donors (Lipinski definition) is 1. The molecule has 1 aromatic rings. The summed E-state index contributed by atoms with van der Waals surface area (Å²) < 4.78 is 37.5. The fraction of sp³-hybridized carbons (Fsp3) is 0.677. The lowest BCUT2D eigenvalue weighted by atomic mass is 9.40. The van der Waals surface area contributed by atoms with Crippen LogP contribution in [0.5, 0.6) is 0 Å². The molecule has 40 heavy (non-hydrogen) atoms. The van der Waals surface area contributed by atoms with Crippen molar-refractivity contribution in [3.63, 3.8) is 0 Å². The maximum Gasteiger partial charge on any atom is 0.333 e. The lowest BCUT2D eigenvalue weighted by Gasteiger charge is -2.64. The zero-order valence-corrected chi connectivity index (χ0v) is 23.8. The summed E-state index contributed by atoms with van der Waals surface area (Å²) in [6, 6.07) is 1.88. The zero-order chi connectivity index (χ0) is 28.7. The van der Waals surface area contributed by atoms with E-state index < -0.39 is 63.4 Å². The van der Waals surface area contributed by atoms with E-state index in [1.807, 2.05) is 32.9 Å². The molecule has 0 spiro atoms. The summed E-state index contributed by atoms with van der Waals surface area (Å²) in [6.45, 7) is 13.8. The van der Waals surface area contributed by atoms with E-state index in [1.165, 1.54) is 7.11 Å². The minimum absolute atomic E-state index is 0.193. The molecular formula is C31H38O9. The van der Waals surface area contributed by atoms with E-state index in [0.717, 1.165) is 11.8 Å². The monoisotopic (exact) mass is 554 g/mol. The van der Waals surface area contributed by atoms with Gasteiger partial charge in [-0.3, -0.25) is 0 Å². The standard InChI is InChI=1S/C31H38O9/c1-16(2)23(33)38-22-20-21-26(3,15-37-20)9-10-30(34)25(35-7)39-24(28(21,30)5)29(22,6)31-19(40-31)12-18(27(31,4)14-32)17-8-11-36-13-17/h8-11,13-14,18-22,24-25,34H,1,12,15H2,2-7H3/t18-,19+,20-,21?,22-,24+,25-,26+,27-,28+,29-,30+,31+/m1/s1. The summed E-state index contributed by atoms with van der Waals surface area (Å²) in [4.78, 5) is 26.5. The minimum Gasteiger partial charge on any atom is -0.472 e. The van der Waals surface area contributed by atoms with E-state index >= 15 is 0 Å². The quantitative estimate of drug-likeness (QED) is 0.186. The van der Waals surface area contributed by atoms with E-state index in [9.17, 15) is 14.7 Å². The van der Waals surface area contributed by atoms with Crippen molar-refractivity contribution < 1.29 is 42.8 Å². The predicted octanol–water partition coefficient (Wildman–Crippen LogP) is 3.32. The number of ether oxygens (including phenoxy) is 5. The molecule has 2 saturated carbocycles. The van der Waals surface area contributed by atoms with Gasteiger partial charge in [0.25, 0.3) is 0 Å². The van der Waals surface area contributed by atoms with Crippen LogP contribution in [0.4, 0.5) is 0 Å². The Balaban J connectivity index is 1.48. The Kier molecular flexibility index (Phi) is 5.15. The molecule has 1 unspecified atom stereocenters. The molecular weight excluding hydrogens is 516 g/mol. The van der Waals surface area contributed by atoms with E-state index in [4.69, 9.17) is 28.1 Å². The Hall–Kier alpha value is -2.30. The molecule has 3 saturated heterocycles. The molecule has 6 aliphatic rings. The third-order valence-corrected chi connectivity index (χ3v) is 11.9. The van der Waals surface area contributed by atoms with Crippen molar-refractivity contribution in [1.82, 2.24) is 0 Å². The van der Waals surface area contributed by atoms with Crippen LogP contribution < -0.4 is 0 Å². The van der Waals surface area contributed by atoms with Crippen molar-refractivity contribution in [3.8, 4) is 0 Å². The van der Waals surface area contributed by atoms with E-state index in [1.54, 1.807) is 25.5 Å². The highest BCUT2D eigenvalue weighted by Crippen LogP contribution is 2.80. The molecule has 7 rings (SSSR count). The predicted molar refractivity (Wildman–Crippen MR) is 140 cm³/mol. The van der Waals surface area contributed by atoms with Gasteiger partial charge < -0.3 is 38.0 Å². The average molecular weight is 555 g/mol. The van der Waals surface area contributed by atoms with E-state index in [-0.39, 0.29) is 23.5 Å². The molecule has 9 nitrogen and oxygen atoms in total. The molecule has 0 bridgehead atoms. The van der Waals surface area contributed by atoms with Crippen LogP contribution in [0.2, 0.25) is 0 Å². The number of furan rings is 1. The highest BCUT2D eigenvalue weighted by molar-refractivity contribution is 5.87. The summed E-state index contributed by atoms with van der Waals surface area (Å²) >= 11 is 0. The molecule has 0 amide bonds. The summed E-state index contributed by atoms with van der Waals surface area (Å²) in [5.41, 5.74) is -4.96. The average Bonchev–Trinajstić information content (AvgIpc) is 3.23. The molecule has 5 fully saturated rings. The van der Waals surface area contributed by atoms with Crippen LogP contribution >= 0.6 is 0 Å². The summed E-state index contributed by atoms with van der Waals surface area (Å²) in [6.07, 6.45) is 5.15. The van der Waals surface area contributed by atoms with Gasteiger partial charge in [0, 0.05) is 35.3 Å². The first-order valence-electron chi connectivity index (χ1n) is 14.1. The summed E-state index contributed by atoms with van der Waals surface area (Å²) in [7, 11) is 1.51. The van der Waals surface area contributed by atoms with Gasteiger partial charge in [0.1, 0.15) is 23.6 Å². The summed E-state index contributed by atoms with van der Waals surface area (Å²) in [5, 5.41) is 12.4. The van der Waals surface area contributed by atoms with Crippen molar-refractivity contribution in [2.75, 3.05) is 13.7 Å². The summed E-state index contributed by atoms with van der Waals surface area (Å²) in [5.74, 6) is -1.02. The molecule has 0 radical (unpaired) electrons. The molecule has 216 valence electrons. The van der Waals surface area contributed by atoms with Crippen molar-refractivity contribution in [3.05, 3.63) is 48.5 Å². The second-order valence-corrected chi connectivity index (χ2v) is 13.8. The number of carbonyl (C=O) groups is 2. The topological polar surface area (TPSA) is 117 Å². The van der Waals surface area contributed by atoms with Gasteiger partial charge in [-0.05, 0) is 31.9 Å². The van der Waals surface area contributed by atoms with Gasteiger partial charge in [-0.2, -0.15) is 0 Å². The smallest absolute Gasteiger partial charge is 0.333 e. The van der Waals surface area contributed by atoms with Crippen LogP contribution in [-0.2, 0) is 33.3 Å².